The molecule has 1 aliphatic carbocycles. The molecule has 2 heterocycles. The molecule has 1 aliphatic heterocycles. The molecule has 0 aromatic carbocycles. The van der Waals surface area contributed by atoms with Crippen molar-refractivity contribution in [1.82, 2.24) is 9.97 Å². The second-order valence-electron chi connectivity index (χ2n) is 3.26. The summed E-state index contributed by atoms with van der Waals surface area (Å²) in [6.07, 6.45) is 4.61. The summed E-state index contributed by atoms with van der Waals surface area (Å²) in [5, 5.41) is 2.68. The van der Waals surface area contributed by atoms with Crippen molar-refractivity contribution in [3.05, 3.63) is 12.4 Å². The molecule has 1 fully saturated rings. The Labute approximate surface area is 74.1 Å². The van der Waals surface area contributed by atoms with Gasteiger partial charge in [-0.3, -0.25) is 4.79 Å². The van der Waals surface area contributed by atoms with Gasteiger partial charge in [-0.2, -0.15) is 0 Å². The first kappa shape index (κ1) is 6.82. The molecule has 1 saturated carbocycles. The van der Waals surface area contributed by atoms with Crippen LogP contribution in [0, 0.1) is 0 Å². The van der Waals surface area contributed by atoms with Crippen LogP contribution in [0.15, 0.2) is 12.4 Å². The topological polar surface area (TPSA) is 64.1 Å². The monoisotopic (exact) mass is 177 g/mol. The van der Waals surface area contributed by atoms with Crippen LogP contribution in [-0.4, -0.2) is 21.5 Å². The predicted octanol–water partition coefficient (Wildman–Crippen LogP) is 0.340. The third-order valence-electron chi connectivity index (χ3n) is 2.31. The highest BCUT2D eigenvalue weighted by Gasteiger charge is 2.56. The van der Waals surface area contributed by atoms with Crippen LogP contribution in [0.2, 0.25) is 0 Å². The highest BCUT2D eigenvalue weighted by atomic mass is 16.5. The van der Waals surface area contributed by atoms with E-state index in [4.69, 9.17) is 4.74 Å². The maximum Gasteiger partial charge on any atom is 0.269 e. The molecule has 1 N–H and O–H groups in total. The molecule has 1 amide bonds. The van der Waals surface area contributed by atoms with Crippen LogP contribution in [0.1, 0.15) is 12.8 Å². The molecule has 1 spiro atoms. The number of rotatable bonds is 0. The lowest BCUT2D eigenvalue weighted by atomic mass is 10.3. The second kappa shape index (κ2) is 1.99. The first-order valence-corrected chi connectivity index (χ1v) is 4.12. The Morgan fingerprint density at radius 2 is 2.15 bits per heavy atom. The van der Waals surface area contributed by atoms with Crippen LogP contribution in [0.3, 0.4) is 0 Å². The molecule has 5 nitrogen and oxygen atoms in total. The standard InChI is InChI=1S/C8H7N3O2/c12-7-8(1-2-8)13-6-5(11-7)9-3-4-10-6/h3-4H,1-2H2,(H,9,11,12). The zero-order chi connectivity index (χ0) is 8.89. The summed E-state index contributed by atoms with van der Waals surface area (Å²) in [6.45, 7) is 0. The molecule has 0 atom stereocenters. The van der Waals surface area contributed by atoms with E-state index in [1.54, 1.807) is 6.20 Å². The quantitative estimate of drug-likeness (QED) is 0.620. The largest absolute Gasteiger partial charge is 0.458 e. The van der Waals surface area contributed by atoms with E-state index in [0.717, 1.165) is 12.8 Å². The first-order valence-electron chi connectivity index (χ1n) is 4.12. The number of ether oxygens (including phenoxy) is 1. The number of amides is 1. The Morgan fingerprint density at radius 3 is 2.92 bits per heavy atom. The summed E-state index contributed by atoms with van der Waals surface area (Å²) in [4.78, 5) is 19.4. The Balaban J connectivity index is 2.07. The Hall–Kier alpha value is -1.65. The summed E-state index contributed by atoms with van der Waals surface area (Å²) in [5.74, 6) is 0.755. The smallest absolute Gasteiger partial charge is 0.269 e. The van der Waals surface area contributed by atoms with Crippen LogP contribution in [-0.2, 0) is 4.79 Å². The number of nitrogens with one attached hydrogen (secondary N) is 1. The molecule has 5 heteroatoms. The zero-order valence-electron chi connectivity index (χ0n) is 6.78. The number of aromatic nitrogens is 2. The minimum absolute atomic E-state index is 0.0968. The van der Waals surface area contributed by atoms with E-state index in [-0.39, 0.29) is 5.91 Å². The summed E-state index contributed by atoms with van der Waals surface area (Å²) in [5.41, 5.74) is -0.622. The Kier molecular flexibility index (Phi) is 1.04. The number of anilines is 1. The fraction of sp³-hybridized carbons (Fsp3) is 0.375. The van der Waals surface area contributed by atoms with Gasteiger partial charge in [-0.15, -0.1) is 0 Å². The molecule has 1 aromatic rings. The molecule has 13 heavy (non-hydrogen) atoms. The second-order valence-corrected chi connectivity index (χ2v) is 3.26. The fourth-order valence-corrected chi connectivity index (χ4v) is 1.38. The first-order chi connectivity index (χ1) is 6.30. The van der Waals surface area contributed by atoms with Crippen molar-refractivity contribution in [1.29, 1.82) is 0 Å². The number of nitrogens with zero attached hydrogens (tertiary/aromatic N) is 2. The van der Waals surface area contributed by atoms with Gasteiger partial charge in [0.05, 0.1) is 0 Å². The lowest BCUT2D eigenvalue weighted by Crippen LogP contribution is -2.39. The van der Waals surface area contributed by atoms with Gasteiger partial charge in [0, 0.05) is 25.2 Å². The van der Waals surface area contributed by atoms with Crippen LogP contribution in [0.25, 0.3) is 0 Å². The fourth-order valence-electron chi connectivity index (χ4n) is 1.38. The molecule has 0 unspecified atom stereocenters. The van der Waals surface area contributed by atoms with Crippen LogP contribution >= 0.6 is 0 Å². The van der Waals surface area contributed by atoms with Gasteiger partial charge in [0.2, 0.25) is 0 Å². The van der Waals surface area contributed by atoms with Gasteiger partial charge < -0.3 is 10.1 Å². The minimum atomic E-state index is -0.622. The van der Waals surface area contributed by atoms with Gasteiger partial charge >= 0.3 is 0 Å². The van der Waals surface area contributed by atoms with Crippen molar-refractivity contribution in [3.63, 3.8) is 0 Å². The van der Waals surface area contributed by atoms with E-state index in [9.17, 15) is 4.79 Å². The van der Waals surface area contributed by atoms with Crippen LogP contribution < -0.4 is 10.1 Å². The number of hydrogen-bond acceptors (Lipinski definition) is 4. The molecular weight excluding hydrogens is 170 g/mol. The van der Waals surface area contributed by atoms with Crippen LogP contribution in [0.5, 0.6) is 5.88 Å². The number of carbonyl (C=O) groups is 1. The van der Waals surface area contributed by atoms with Crippen molar-refractivity contribution in [2.75, 3.05) is 5.32 Å². The van der Waals surface area contributed by atoms with Crippen molar-refractivity contribution < 1.29 is 9.53 Å². The molecule has 66 valence electrons. The van der Waals surface area contributed by atoms with Crippen LogP contribution in [0.4, 0.5) is 5.82 Å². The Bertz CT molecular complexity index is 387. The molecular formula is C8H7N3O2. The van der Waals surface area contributed by atoms with E-state index in [1.807, 2.05) is 0 Å². The lowest BCUT2D eigenvalue weighted by Gasteiger charge is -2.22. The highest BCUT2D eigenvalue weighted by Crippen LogP contribution is 2.44. The summed E-state index contributed by atoms with van der Waals surface area (Å²) < 4.78 is 5.46. The van der Waals surface area contributed by atoms with Gasteiger partial charge in [-0.25, -0.2) is 9.97 Å². The number of fused-ring (bicyclic) bond motifs is 1. The molecule has 3 rings (SSSR count). The average Bonchev–Trinajstić information content (AvgIpc) is 2.88. The summed E-state index contributed by atoms with van der Waals surface area (Å²) >= 11 is 0. The van der Waals surface area contributed by atoms with Gasteiger partial charge in [0.1, 0.15) is 0 Å². The molecule has 1 aromatic heterocycles. The van der Waals surface area contributed by atoms with Crippen molar-refractivity contribution >= 4 is 11.7 Å². The summed E-state index contributed by atoms with van der Waals surface area (Å²) in [6, 6.07) is 0. The van der Waals surface area contributed by atoms with Crippen molar-refractivity contribution in [2.24, 2.45) is 0 Å². The van der Waals surface area contributed by atoms with Gasteiger partial charge in [0.25, 0.3) is 11.8 Å². The van der Waals surface area contributed by atoms with E-state index in [1.165, 1.54) is 6.20 Å². The zero-order valence-corrected chi connectivity index (χ0v) is 6.78. The third-order valence-corrected chi connectivity index (χ3v) is 2.31. The van der Waals surface area contributed by atoms with Gasteiger partial charge in [-0.1, -0.05) is 0 Å². The molecule has 2 aliphatic rings. The molecule has 0 radical (unpaired) electrons. The van der Waals surface area contributed by atoms with Gasteiger partial charge in [-0.05, 0) is 0 Å². The highest BCUT2D eigenvalue weighted by molar-refractivity contribution is 6.01. The molecule has 0 bridgehead atoms. The predicted molar refractivity (Wildman–Crippen MR) is 43.3 cm³/mol. The van der Waals surface area contributed by atoms with E-state index >= 15 is 0 Å². The minimum Gasteiger partial charge on any atom is -0.458 e. The van der Waals surface area contributed by atoms with Crippen molar-refractivity contribution in [2.45, 2.75) is 18.4 Å². The van der Waals surface area contributed by atoms with E-state index in [0.29, 0.717) is 11.7 Å². The normalized spacial score (nSPS) is 21.7. The third kappa shape index (κ3) is 0.838. The SMILES string of the molecule is O=C1Nc2nccnc2OC12CC2. The maximum atomic E-state index is 11.4. The van der Waals surface area contributed by atoms with E-state index in [2.05, 4.69) is 15.3 Å². The number of carbonyl (C=O) groups excluding carboxylic acids is 1. The average molecular weight is 177 g/mol. The Morgan fingerprint density at radius 1 is 1.38 bits per heavy atom. The van der Waals surface area contributed by atoms with Crippen molar-refractivity contribution in [3.8, 4) is 5.88 Å². The maximum absolute atomic E-state index is 11.4. The van der Waals surface area contributed by atoms with E-state index < -0.39 is 5.60 Å². The van der Waals surface area contributed by atoms with Gasteiger partial charge in [0.15, 0.2) is 11.4 Å². The lowest BCUT2D eigenvalue weighted by molar-refractivity contribution is -0.125. The summed E-state index contributed by atoms with van der Waals surface area (Å²) in [7, 11) is 0. The number of hydrogen-bond donors (Lipinski definition) is 1. The molecule has 0 saturated heterocycles.